The van der Waals surface area contributed by atoms with Crippen LogP contribution in [0.1, 0.15) is 41.2 Å². The molecule has 0 spiro atoms. The van der Waals surface area contributed by atoms with Crippen LogP contribution >= 0.6 is 0 Å². The summed E-state index contributed by atoms with van der Waals surface area (Å²) < 4.78 is 46.9. The van der Waals surface area contributed by atoms with Gasteiger partial charge in [0.25, 0.3) is 5.91 Å². The third kappa shape index (κ3) is 5.60. The van der Waals surface area contributed by atoms with E-state index >= 15 is 0 Å². The highest BCUT2D eigenvalue weighted by Gasteiger charge is 2.30. The predicted molar refractivity (Wildman–Crippen MR) is 123 cm³/mol. The molecule has 2 aromatic rings. The zero-order valence-electron chi connectivity index (χ0n) is 18.6. The van der Waals surface area contributed by atoms with Gasteiger partial charge in [-0.3, -0.25) is 9.69 Å². The number of sulfonamides is 1. The van der Waals surface area contributed by atoms with Gasteiger partial charge in [0.15, 0.2) is 0 Å². The van der Waals surface area contributed by atoms with Crippen LogP contribution in [0.3, 0.4) is 0 Å². The molecule has 178 valence electrons. The van der Waals surface area contributed by atoms with Gasteiger partial charge in [0.2, 0.25) is 10.0 Å². The summed E-state index contributed by atoms with van der Waals surface area (Å²) in [6, 6.07) is 12.4. The van der Waals surface area contributed by atoms with Crippen molar-refractivity contribution >= 4 is 15.9 Å². The Morgan fingerprint density at radius 2 is 1.64 bits per heavy atom. The number of benzene rings is 2. The molecule has 0 radical (unpaired) electrons. The monoisotopic (exact) mass is 475 g/mol. The van der Waals surface area contributed by atoms with Gasteiger partial charge in [0.1, 0.15) is 5.82 Å². The molecule has 9 heteroatoms. The van der Waals surface area contributed by atoms with Crippen molar-refractivity contribution in [3.05, 3.63) is 65.5 Å². The summed E-state index contributed by atoms with van der Waals surface area (Å²) in [5.74, 6) is -0.757. The number of hydrogen-bond acceptors (Lipinski definition) is 5. The quantitative estimate of drug-likeness (QED) is 0.666. The number of carbonyl (C=O) groups excluding carboxylic acids is 1. The molecule has 1 unspecified atom stereocenters. The molecule has 2 aliphatic heterocycles. The second-order valence-corrected chi connectivity index (χ2v) is 10.3. The molecule has 0 aliphatic carbocycles. The van der Waals surface area contributed by atoms with Crippen LogP contribution in [-0.4, -0.2) is 69.5 Å². The van der Waals surface area contributed by atoms with Crippen molar-refractivity contribution in [3.8, 4) is 0 Å². The summed E-state index contributed by atoms with van der Waals surface area (Å²) in [4.78, 5) is 15.4. The van der Waals surface area contributed by atoms with Gasteiger partial charge in [-0.15, -0.1) is 0 Å². The van der Waals surface area contributed by atoms with E-state index in [1.807, 2.05) is 0 Å². The van der Waals surface area contributed by atoms with E-state index in [0.29, 0.717) is 39.4 Å². The first-order chi connectivity index (χ1) is 16.0. The molecule has 1 atom stereocenters. The molecule has 2 heterocycles. The number of nitrogens with zero attached hydrogens (tertiary/aromatic N) is 2. The first-order valence-electron chi connectivity index (χ1n) is 11.4. The van der Waals surface area contributed by atoms with E-state index in [4.69, 9.17) is 4.74 Å². The van der Waals surface area contributed by atoms with Crippen molar-refractivity contribution in [2.24, 2.45) is 0 Å². The third-order valence-electron chi connectivity index (χ3n) is 6.26. The van der Waals surface area contributed by atoms with Crippen LogP contribution in [0.25, 0.3) is 0 Å². The lowest BCUT2D eigenvalue weighted by molar-refractivity contribution is 0.0162. The van der Waals surface area contributed by atoms with E-state index in [-0.39, 0.29) is 28.9 Å². The number of nitrogens with one attached hydrogen (secondary N) is 1. The number of rotatable bonds is 7. The maximum absolute atomic E-state index is 13.5. The molecule has 0 bridgehead atoms. The number of hydrogen-bond donors (Lipinski definition) is 1. The Morgan fingerprint density at radius 3 is 2.33 bits per heavy atom. The molecule has 2 saturated heterocycles. The van der Waals surface area contributed by atoms with Crippen molar-refractivity contribution in [1.82, 2.24) is 14.5 Å². The summed E-state index contributed by atoms with van der Waals surface area (Å²) >= 11 is 0. The lowest BCUT2D eigenvalue weighted by Crippen LogP contribution is -2.44. The predicted octanol–water partition coefficient (Wildman–Crippen LogP) is 2.80. The largest absolute Gasteiger partial charge is 0.379 e. The minimum absolute atomic E-state index is 0.0362. The van der Waals surface area contributed by atoms with E-state index in [0.717, 1.165) is 24.8 Å². The van der Waals surface area contributed by atoms with E-state index in [2.05, 4.69) is 10.2 Å². The minimum Gasteiger partial charge on any atom is -0.379 e. The molecule has 4 rings (SSSR count). The number of amides is 1. The molecule has 2 aromatic carbocycles. The Hall–Kier alpha value is -2.33. The Balaban J connectivity index is 1.54. The molecular weight excluding hydrogens is 445 g/mol. The first-order valence-corrected chi connectivity index (χ1v) is 12.9. The SMILES string of the molecule is O=C(NCC(c1ccc(F)cc1)N1CCOCC1)c1ccccc1S(=O)(=O)N1CCCCC1. The fourth-order valence-electron chi connectivity index (χ4n) is 4.44. The number of piperidine rings is 1. The number of morpholine rings is 1. The standard InChI is InChI=1S/C24H30FN3O4S/c25-20-10-8-19(9-11-20)22(27-14-16-32-17-15-27)18-26-24(29)21-6-2-3-7-23(21)33(30,31)28-12-4-1-5-13-28/h2-3,6-11,22H,1,4-5,12-18H2,(H,26,29). The Kier molecular flexibility index (Phi) is 7.75. The van der Waals surface area contributed by atoms with Crippen LogP contribution in [0.2, 0.25) is 0 Å². The smallest absolute Gasteiger partial charge is 0.252 e. The molecular formula is C24H30FN3O4S. The van der Waals surface area contributed by atoms with Crippen molar-refractivity contribution in [2.75, 3.05) is 45.9 Å². The van der Waals surface area contributed by atoms with Crippen LogP contribution < -0.4 is 5.32 Å². The van der Waals surface area contributed by atoms with Gasteiger partial charge in [0, 0.05) is 32.7 Å². The van der Waals surface area contributed by atoms with Gasteiger partial charge in [-0.05, 0) is 42.7 Å². The van der Waals surface area contributed by atoms with E-state index in [9.17, 15) is 17.6 Å². The highest BCUT2D eigenvalue weighted by Crippen LogP contribution is 2.25. The number of ether oxygens (including phenoxy) is 1. The second kappa shape index (κ2) is 10.7. The molecule has 1 N–H and O–H groups in total. The lowest BCUT2D eigenvalue weighted by atomic mass is 10.0. The zero-order chi connectivity index (χ0) is 23.3. The van der Waals surface area contributed by atoms with Gasteiger partial charge in [-0.1, -0.05) is 30.7 Å². The summed E-state index contributed by atoms with van der Waals surface area (Å²) in [5, 5.41) is 2.93. The topological polar surface area (TPSA) is 79.0 Å². The van der Waals surface area contributed by atoms with Crippen molar-refractivity contribution < 1.29 is 22.3 Å². The summed E-state index contributed by atoms with van der Waals surface area (Å²) in [6.07, 6.45) is 2.67. The molecule has 0 aromatic heterocycles. The Bertz CT molecular complexity index is 1050. The van der Waals surface area contributed by atoms with E-state index in [1.165, 1.54) is 22.5 Å². The van der Waals surface area contributed by atoms with Gasteiger partial charge in [0.05, 0.1) is 29.7 Å². The van der Waals surface area contributed by atoms with Crippen molar-refractivity contribution in [3.63, 3.8) is 0 Å². The lowest BCUT2D eigenvalue weighted by Gasteiger charge is -2.35. The van der Waals surface area contributed by atoms with Gasteiger partial charge in [-0.2, -0.15) is 4.31 Å². The van der Waals surface area contributed by atoms with Crippen LogP contribution in [0.15, 0.2) is 53.4 Å². The number of halogens is 1. The fraction of sp³-hybridized carbons (Fsp3) is 0.458. The Labute approximate surface area is 194 Å². The van der Waals surface area contributed by atoms with Crippen LogP contribution in [0, 0.1) is 5.82 Å². The van der Waals surface area contributed by atoms with Crippen LogP contribution in [-0.2, 0) is 14.8 Å². The molecule has 7 nitrogen and oxygen atoms in total. The first kappa shape index (κ1) is 23.8. The van der Waals surface area contributed by atoms with Gasteiger partial charge < -0.3 is 10.1 Å². The fourth-order valence-corrected chi connectivity index (χ4v) is 6.15. The molecule has 0 saturated carbocycles. The summed E-state index contributed by atoms with van der Waals surface area (Å²) in [6.45, 7) is 3.77. The molecule has 33 heavy (non-hydrogen) atoms. The average molecular weight is 476 g/mol. The molecule has 1 amide bonds. The average Bonchev–Trinajstić information content (AvgIpc) is 2.86. The minimum atomic E-state index is -3.75. The highest BCUT2D eigenvalue weighted by atomic mass is 32.2. The highest BCUT2D eigenvalue weighted by molar-refractivity contribution is 7.89. The second-order valence-electron chi connectivity index (χ2n) is 8.39. The maximum atomic E-state index is 13.5. The summed E-state index contributed by atoms with van der Waals surface area (Å²) in [5.41, 5.74) is 1.02. The maximum Gasteiger partial charge on any atom is 0.252 e. The van der Waals surface area contributed by atoms with Crippen LogP contribution in [0.5, 0.6) is 0 Å². The normalized spacial score (nSPS) is 19.2. The Morgan fingerprint density at radius 1 is 0.970 bits per heavy atom. The molecule has 2 fully saturated rings. The van der Waals surface area contributed by atoms with Crippen LogP contribution in [0.4, 0.5) is 4.39 Å². The van der Waals surface area contributed by atoms with E-state index in [1.54, 1.807) is 30.3 Å². The summed E-state index contributed by atoms with van der Waals surface area (Å²) in [7, 11) is -3.75. The van der Waals surface area contributed by atoms with Gasteiger partial charge in [-0.25, -0.2) is 12.8 Å². The van der Waals surface area contributed by atoms with Crippen molar-refractivity contribution in [1.29, 1.82) is 0 Å². The van der Waals surface area contributed by atoms with Gasteiger partial charge >= 0.3 is 0 Å². The van der Waals surface area contributed by atoms with Crippen molar-refractivity contribution in [2.45, 2.75) is 30.2 Å². The number of carbonyl (C=O) groups is 1. The third-order valence-corrected chi connectivity index (χ3v) is 8.22. The molecule has 2 aliphatic rings. The zero-order valence-corrected chi connectivity index (χ0v) is 19.4. The van der Waals surface area contributed by atoms with E-state index < -0.39 is 15.9 Å².